The van der Waals surface area contributed by atoms with E-state index in [-0.39, 0.29) is 0 Å². The van der Waals surface area contributed by atoms with Crippen molar-refractivity contribution < 1.29 is 17.6 Å². The van der Waals surface area contributed by atoms with E-state index in [4.69, 9.17) is 0 Å². The predicted molar refractivity (Wildman–Crippen MR) is 114 cm³/mol. The van der Waals surface area contributed by atoms with Gasteiger partial charge in [0.05, 0.1) is 0 Å². The molecule has 0 aliphatic heterocycles. The van der Waals surface area contributed by atoms with Gasteiger partial charge in [-0.05, 0) is 125 Å². The van der Waals surface area contributed by atoms with Crippen LogP contribution in [0.15, 0.2) is 60.7 Å². The van der Waals surface area contributed by atoms with Gasteiger partial charge in [-0.3, -0.25) is 0 Å². The summed E-state index contributed by atoms with van der Waals surface area (Å²) in [6.45, 7) is 0. The van der Waals surface area contributed by atoms with E-state index in [0.717, 1.165) is 43.1 Å². The van der Waals surface area contributed by atoms with Crippen LogP contribution in [-0.4, -0.2) is 0 Å². The highest BCUT2D eigenvalue weighted by atomic mass is 19.2. The van der Waals surface area contributed by atoms with E-state index in [1.54, 1.807) is 0 Å². The topological polar surface area (TPSA) is 0 Å². The Hall–Kier alpha value is -3.66. The Morgan fingerprint density at radius 3 is 0.700 bits per heavy atom. The summed E-state index contributed by atoms with van der Waals surface area (Å²) in [6.07, 6.45) is 0. The molecular formula is C26H10F4. The van der Waals surface area contributed by atoms with Crippen LogP contribution in [0.3, 0.4) is 0 Å². The second kappa shape index (κ2) is 5.08. The van der Waals surface area contributed by atoms with Gasteiger partial charge in [-0.25, -0.2) is 17.6 Å². The summed E-state index contributed by atoms with van der Waals surface area (Å²) in [5.74, 6) is -3.43. The molecule has 0 nitrogen and oxygen atoms in total. The van der Waals surface area contributed by atoms with Crippen molar-refractivity contribution in [2.45, 2.75) is 0 Å². The highest BCUT2D eigenvalue weighted by Gasteiger charge is 2.18. The van der Waals surface area contributed by atoms with Gasteiger partial charge in [0.15, 0.2) is 23.3 Å². The Bertz CT molecular complexity index is 1570. The van der Waals surface area contributed by atoms with Crippen LogP contribution in [0.25, 0.3) is 64.6 Å². The van der Waals surface area contributed by atoms with Gasteiger partial charge in [-0.1, -0.05) is 0 Å². The molecule has 0 aromatic heterocycles. The number of fused-ring (bicyclic) bond motifs is 10. The molecule has 7 aromatic carbocycles. The lowest BCUT2D eigenvalue weighted by Crippen LogP contribution is -1.92. The van der Waals surface area contributed by atoms with Crippen molar-refractivity contribution in [3.05, 3.63) is 83.9 Å². The van der Waals surface area contributed by atoms with Gasteiger partial charge in [0, 0.05) is 0 Å². The lowest BCUT2D eigenvalue weighted by molar-refractivity contribution is 0.511. The van der Waals surface area contributed by atoms with Crippen molar-refractivity contribution in [1.82, 2.24) is 0 Å². The van der Waals surface area contributed by atoms with E-state index in [2.05, 4.69) is 12.1 Å². The van der Waals surface area contributed by atoms with Crippen LogP contribution in [0.1, 0.15) is 0 Å². The monoisotopic (exact) mass is 398 g/mol. The molecule has 0 fully saturated rings. The van der Waals surface area contributed by atoms with E-state index in [9.17, 15) is 17.6 Å². The number of hydrogen-bond donors (Lipinski definition) is 0. The molecule has 0 N–H and O–H groups in total. The molecule has 0 heterocycles. The molecule has 30 heavy (non-hydrogen) atoms. The maximum Gasteiger partial charge on any atom is 0.159 e. The van der Waals surface area contributed by atoms with Crippen LogP contribution in [0.5, 0.6) is 0 Å². The molecule has 0 saturated heterocycles. The Morgan fingerprint density at radius 1 is 0.267 bits per heavy atom. The zero-order valence-electron chi connectivity index (χ0n) is 15.3. The fourth-order valence-corrected chi connectivity index (χ4v) is 4.85. The Balaban J connectivity index is 1.55. The number of hydrogen-bond acceptors (Lipinski definition) is 0. The smallest absolute Gasteiger partial charge is 0.159 e. The minimum atomic E-state index is -0.858. The Kier molecular flexibility index (Phi) is 2.74. The summed E-state index contributed by atoms with van der Waals surface area (Å²) < 4.78 is 54.6. The van der Waals surface area contributed by atoms with Gasteiger partial charge in [0.1, 0.15) is 0 Å². The summed E-state index contributed by atoms with van der Waals surface area (Å²) in [5, 5.41) is 10.9. The second-order valence-electron chi connectivity index (χ2n) is 7.97. The van der Waals surface area contributed by atoms with Crippen molar-refractivity contribution in [2.24, 2.45) is 0 Å². The maximum absolute atomic E-state index is 13.6. The first-order valence-corrected chi connectivity index (χ1v) is 9.53. The van der Waals surface area contributed by atoms with E-state index in [0.29, 0.717) is 21.5 Å². The standard InChI is InChI=1S/C26H10F4/c27-23-5-11-1-15-16(2-12(11)6-24(23)28)20-10-22-18-4-14-8-26(30)25(29)7-13(14)3-17(18)21(22)9-19(15)20/h1-10H. The molecule has 7 rings (SSSR count). The van der Waals surface area contributed by atoms with E-state index in [1.165, 1.54) is 24.3 Å². The first kappa shape index (κ1) is 16.2. The first-order valence-electron chi connectivity index (χ1n) is 9.53. The largest absolute Gasteiger partial charge is 0.204 e. The van der Waals surface area contributed by atoms with E-state index < -0.39 is 23.3 Å². The summed E-state index contributed by atoms with van der Waals surface area (Å²) in [7, 11) is 0. The van der Waals surface area contributed by atoms with Gasteiger partial charge >= 0.3 is 0 Å². The zero-order valence-corrected chi connectivity index (χ0v) is 15.3. The van der Waals surface area contributed by atoms with Crippen molar-refractivity contribution in [3.8, 4) is 0 Å². The molecule has 0 spiro atoms. The predicted octanol–water partition coefficient (Wildman–Crippen LogP) is 8.04. The third-order valence-corrected chi connectivity index (χ3v) is 6.35. The highest BCUT2D eigenvalue weighted by Crippen LogP contribution is 2.45. The van der Waals surface area contributed by atoms with Crippen LogP contribution in [-0.2, 0) is 0 Å². The van der Waals surface area contributed by atoms with Crippen LogP contribution < -0.4 is 0 Å². The first-order chi connectivity index (χ1) is 14.5. The summed E-state index contributed by atoms with van der Waals surface area (Å²) >= 11 is 0. The average Bonchev–Trinajstić information content (AvgIpc) is 2.71. The molecular weight excluding hydrogens is 388 g/mol. The lowest BCUT2D eigenvalue weighted by Gasteiger charge is -2.19. The van der Waals surface area contributed by atoms with Crippen molar-refractivity contribution in [1.29, 1.82) is 0 Å². The molecule has 7 aromatic rings. The summed E-state index contributed by atoms with van der Waals surface area (Å²) in [6, 6.07) is 16.6. The number of rotatable bonds is 0. The molecule has 0 aliphatic carbocycles. The second-order valence-corrected chi connectivity index (χ2v) is 7.97. The fraction of sp³-hybridized carbons (Fsp3) is 0. The van der Waals surface area contributed by atoms with Gasteiger partial charge < -0.3 is 0 Å². The van der Waals surface area contributed by atoms with Crippen molar-refractivity contribution in [3.63, 3.8) is 0 Å². The van der Waals surface area contributed by atoms with Gasteiger partial charge in [0.25, 0.3) is 0 Å². The van der Waals surface area contributed by atoms with Crippen LogP contribution >= 0.6 is 0 Å². The van der Waals surface area contributed by atoms with Crippen LogP contribution in [0, 0.1) is 23.3 Å². The van der Waals surface area contributed by atoms with E-state index >= 15 is 0 Å². The normalized spacial score (nSPS) is 12.7. The highest BCUT2D eigenvalue weighted by molar-refractivity contribution is 6.36. The third kappa shape index (κ3) is 1.86. The lowest BCUT2D eigenvalue weighted by atomic mass is 9.84. The maximum atomic E-state index is 13.6. The van der Waals surface area contributed by atoms with Gasteiger partial charge in [-0.15, -0.1) is 0 Å². The Morgan fingerprint density at radius 2 is 0.467 bits per heavy atom. The molecule has 0 bridgehead atoms. The van der Waals surface area contributed by atoms with Crippen molar-refractivity contribution >= 4 is 64.6 Å². The Labute approximate surface area is 166 Å². The van der Waals surface area contributed by atoms with Gasteiger partial charge in [0.2, 0.25) is 0 Å². The molecule has 0 radical (unpaired) electrons. The van der Waals surface area contributed by atoms with Crippen LogP contribution in [0.4, 0.5) is 17.6 Å². The summed E-state index contributed by atoms with van der Waals surface area (Å²) in [4.78, 5) is 0. The molecule has 0 atom stereocenters. The molecule has 0 unspecified atom stereocenters. The quantitative estimate of drug-likeness (QED) is 0.227. The molecule has 4 heteroatoms. The fourth-order valence-electron chi connectivity index (χ4n) is 4.85. The average molecular weight is 398 g/mol. The molecule has 0 amide bonds. The zero-order chi connectivity index (χ0) is 20.3. The molecule has 0 saturated carbocycles. The minimum absolute atomic E-state index is 0.657. The number of benzene rings is 5. The summed E-state index contributed by atoms with van der Waals surface area (Å²) in [5.41, 5.74) is 0. The molecule has 0 aliphatic rings. The van der Waals surface area contributed by atoms with Crippen LogP contribution in [0.2, 0.25) is 0 Å². The van der Waals surface area contributed by atoms with Gasteiger partial charge in [-0.2, -0.15) is 0 Å². The minimum Gasteiger partial charge on any atom is -0.204 e. The third-order valence-electron chi connectivity index (χ3n) is 6.35. The SMILES string of the molecule is Fc1cc2cc3c(cc2cc1F)c1cc2c4cc5cc(F)c(F)cc5cc4c2cc31. The van der Waals surface area contributed by atoms with Crippen molar-refractivity contribution in [2.75, 3.05) is 0 Å². The number of halogens is 4. The van der Waals surface area contributed by atoms with E-state index in [1.807, 2.05) is 24.3 Å². The molecule has 142 valence electrons.